The summed E-state index contributed by atoms with van der Waals surface area (Å²) in [5.74, 6) is -0.597. The van der Waals surface area contributed by atoms with Crippen molar-refractivity contribution in [2.75, 3.05) is 11.9 Å². The molecule has 3 N–H and O–H groups in total. The third-order valence-corrected chi connectivity index (χ3v) is 5.00. The molecule has 2 aromatic rings. The second-order valence-corrected chi connectivity index (χ2v) is 6.92. The van der Waals surface area contributed by atoms with Crippen LogP contribution in [-0.4, -0.2) is 28.7 Å². The van der Waals surface area contributed by atoms with Crippen LogP contribution < -0.4 is 10.7 Å². The minimum Gasteiger partial charge on any atom is -0.507 e. The van der Waals surface area contributed by atoms with Gasteiger partial charge in [-0.05, 0) is 30.7 Å². The van der Waals surface area contributed by atoms with Crippen molar-refractivity contribution in [3.63, 3.8) is 0 Å². The molecule has 0 radical (unpaired) electrons. The molecular formula is C16H14Br2N4O4. The van der Waals surface area contributed by atoms with Crippen LogP contribution in [0.1, 0.15) is 11.1 Å². The molecule has 0 saturated heterocycles. The number of hydrazone groups is 1. The molecule has 10 heteroatoms. The van der Waals surface area contributed by atoms with Gasteiger partial charge in [-0.25, -0.2) is 5.43 Å². The molecular weight excluding hydrogens is 472 g/mol. The highest BCUT2D eigenvalue weighted by molar-refractivity contribution is 9.11. The Bertz CT molecular complexity index is 864. The molecule has 0 bridgehead atoms. The predicted molar refractivity (Wildman–Crippen MR) is 106 cm³/mol. The van der Waals surface area contributed by atoms with Crippen LogP contribution in [0.25, 0.3) is 0 Å². The summed E-state index contributed by atoms with van der Waals surface area (Å²) in [4.78, 5) is 22.0. The van der Waals surface area contributed by atoms with E-state index in [1.807, 2.05) is 19.1 Å². The third kappa shape index (κ3) is 5.27. The Morgan fingerprint density at radius 3 is 2.58 bits per heavy atom. The second-order valence-electron chi connectivity index (χ2n) is 5.21. The molecule has 0 saturated carbocycles. The molecule has 0 heterocycles. The normalized spacial score (nSPS) is 10.7. The average molecular weight is 486 g/mol. The minimum absolute atomic E-state index is 0.0276. The zero-order chi connectivity index (χ0) is 19.3. The summed E-state index contributed by atoms with van der Waals surface area (Å²) in [6, 6.07) is 7.21. The first-order valence-corrected chi connectivity index (χ1v) is 8.85. The summed E-state index contributed by atoms with van der Waals surface area (Å²) in [6.07, 6.45) is 1.14. The van der Waals surface area contributed by atoms with E-state index >= 15 is 0 Å². The monoisotopic (exact) mass is 484 g/mol. The van der Waals surface area contributed by atoms with Crippen LogP contribution in [0.2, 0.25) is 0 Å². The Kier molecular flexibility index (Phi) is 6.70. The van der Waals surface area contributed by atoms with Gasteiger partial charge in [-0.3, -0.25) is 14.9 Å². The summed E-state index contributed by atoms with van der Waals surface area (Å²) < 4.78 is 1.79. The number of nitro groups is 1. The molecule has 2 aromatic carbocycles. The van der Waals surface area contributed by atoms with Gasteiger partial charge < -0.3 is 10.4 Å². The van der Waals surface area contributed by atoms with E-state index in [-0.39, 0.29) is 23.5 Å². The Balaban J connectivity index is 1.94. The van der Waals surface area contributed by atoms with E-state index in [4.69, 9.17) is 0 Å². The van der Waals surface area contributed by atoms with Gasteiger partial charge in [0.15, 0.2) is 0 Å². The number of halogens is 2. The predicted octanol–water partition coefficient (Wildman–Crippen LogP) is 3.70. The lowest BCUT2D eigenvalue weighted by atomic mass is 10.2. The molecule has 0 aliphatic heterocycles. The topological polar surface area (TPSA) is 117 Å². The van der Waals surface area contributed by atoms with Crippen molar-refractivity contribution in [2.24, 2.45) is 5.10 Å². The number of nitro benzene ring substituents is 1. The molecule has 0 aliphatic rings. The van der Waals surface area contributed by atoms with Gasteiger partial charge in [0.25, 0.3) is 11.6 Å². The molecule has 26 heavy (non-hydrogen) atoms. The number of rotatable bonds is 6. The molecule has 8 nitrogen and oxygen atoms in total. The van der Waals surface area contributed by atoms with Gasteiger partial charge in [-0.1, -0.05) is 31.9 Å². The number of carbonyl (C=O) groups is 1. The van der Waals surface area contributed by atoms with Crippen molar-refractivity contribution in [3.8, 4) is 5.75 Å². The lowest BCUT2D eigenvalue weighted by Crippen LogP contribution is -2.25. The lowest BCUT2D eigenvalue weighted by molar-refractivity contribution is -0.384. The van der Waals surface area contributed by atoms with Crippen LogP contribution >= 0.6 is 31.9 Å². The number of amides is 1. The van der Waals surface area contributed by atoms with Crippen molar-refractivity contribution >= 4 is 55.4 Å². The Morgan fingerprint density at radius 1 is 1.31 bits per heavy atom. The quantitative estimate of drug-likeness (QED) is 0.327. The number of non-ortho nitro benzene ring substituents is 1. The van der Waals surface area contributed by atoms with Crippen LogP contribution in [0.4, 0.5) is 11.4 Å². The number of phenolic OH excluding ortho intramolecular Hbond substituents is 1. The molecule has 0 aromatic heterocycles. The van der Waals surface area contributed by atoms with E-state index in [2.05, 4.69) is 47.7 Å². The van der Waals surface area contributed by atoms with Crippen LogP contribution in [0.15, 0.2) is 44.4 Å². The molecule has 1 amide bonds. The summed E-state index contributed by atoms with van der Waals surface area (Å²) in [5, 5.41) is 27.0. The molecule has 2 rings (SSSR count). The first-order valence-electron chi connectivity index (χ1n) is 7.26. The van der Waals surface area contributed by atoms with E-state index in [0.29, 0.717) is 0 Å². The minimum atomic E-state index is -0.586. The molecule has 0 fully saturated rings. The van der Waals surface area contributed by atoms with Crippen LogP contribution in [-0.2, 0) is 4.79 Å². The van der Waals surface area contributed by atoms with E-state index in [1.165, 1.54) is 12.1 Å². The SMILES string of the molecule is Cc1c(Br)cc(NCC(=O)N/N=C/c2cc([N+](=O)[O-])ccc2O)cc1Br. The Hall–Kier alpha value is -2.46. The number of hydrogen-bond acceptors (Lipinski definition) is 6. The number of benzene rings is 2. The standard InChI is InChI=1S/C16H14Br2N4O4/c1-9-13(17)5-11(6-14(9)18)19-8-16(24)21-20-7-10-4-12(22(25)26)2-3-15(10)23/h2-7,19,23H,8H2,1H3,(H,21,24)/b20-7+. The Morgan fingerprint density at radius 2 is 1.96 bits per heavy atom. The number of hydrogen-bond donors (Lipinski definition) is 3. The summed E-state index contributed by atoms with van der Waals surface area (Å²) >= 11 is 6.86. The molecule has 0 unspecified atom stereocenters. The maximum atomic E-state index is 11.8. The van der Waals surface area contributed by atoms with Crippen molar-refractivity contribution in [1.82, 2.24) is 5.43 Å². The van der Waals surface area contributed by atoms with Crippen molar-refractivity contribution in [3.05, 3.63) is 60.5 Å². The summed E-state index contributed by atoms with van der Waals surface area (Å²) in [5.41, 5.74) is 4.00. The lowest BCUT2D eigenvalue weighted by Gasteiger charge is -2.09. The second kappa shape index (κ2) is 8.77. The summed E-state index contributed by atoms with van der Waals surface area (Å²) in [7, 11) is 0. The van der Waals surface area contributed by atoms with Gasteiger partial charge in [0.05, 0.1) is 17.7 Å². The molecule has 0 atom stereocenters. The van der Waals surface area contributed by atoms with E-state index in [0.717, 1.165) is 32.5 Å². The number of aromatic hydroxyl groups is 1. The van der Waals surface area contributed by atoms with E-state index in [9.17, 15) is 20.0 Å². The highest BCUT2D eigenvalue weighted by Crippen LogP contribution is 2.28. The number of nitrogens with zero attached hydrogens (tertiary/aromatic N) is 2. The molecule has 0 aliphatic carbocycles. The highest BCUT2D eigenvalue weighted by atomic mass is 79.9. The van der Waals surface area contributed by atoms with E-state index in [1.54, 1.807) is 0 Å². The first-order chi connectivity index (χ1) is 12.3. The van der Waals surface area contributed by atoms with Gasteiger partial charge in [-0.2, -0.15) is 5.10 Å². The van der Waals surface area contributed by atoms with Crippen molar-refractivity contribution in [2.45, 2.75) is 6.92 Å². The van der Waals surface area contributed by atoms with Gasteiger partial charge in [0.2, 0.25) is 0 Å². The average Bonchev–Trinajstić information content (AvgIpc) is 2.59. The largest absolute Gasteiger partial charge is 0.507 e. The van der Waals surface area contributed by atoms with Gasteiger partial charge in [-0.15, -0.1) is 0 Å². The van der Waals surface area contributed by atoms with Crippen LogP contribution in [0.3, 0.4) is 0 Å². The van der Waals surface area contributed by atoms with Gasteiger partial charge >= 0.3 is 0 Å². The highest BCUT2D eigenvalue weighted by Gasteiger charge is 2.09. The van der Waals surface area contributed by atoms with Crippen LogP contribution in [0, 0.1) is 17.0 Å². The Labute approximate surface area is 165 Å². The first kappa shape index (κ1) is 19.9. The number of nitrogens with one attached hydrogen (secondary N) is 2. The summed E-state index contributed by atoms with van der Waals surface area (Å²) in [6.45, 7) is 1.92. The zero-order valence-corrected chi connectivity index (χ0v) is 16.7. The zero-order valence-electron chi connectivity index (χ0n) is 13.5. The smallest absolute Gasteiger partial charge is 0.270 e. The fraction of sp³-hybridized carbons (Fsp3) is 0.125. The number of phenols is 1. The van der Waals surface area contributed by atoms with Crippen molar-refractivity contribution in [1.29, 1.82) is 0 Å². The van der Waals surface area contributed by atoms with Gasteiger partial charge in [0, 0.05) is 32.3 Å². The fourth-order valence-electron chi connectivity index (χ4n) is 1.90. The van der Waals surface area contributed by atoms with Gasteiger partial charge in [0.1, 0.15) is 5.75 Å². The number of anilines is 1. The van der Waals surface area contributed by atoms with E-state index < -0.39 is 10.8 Å². The third-order valence-electron chi connectivity index (χ3n) is 3.35. The van der Waals surface area contributed by atoms with Crippen molar-refractivity contribution < 1.29 is 14.8 Å². The maximum absolute atomic E-state index is 11.8. The van der Waals surface area contributed by atoms with Crippen LogP contribution in [0.5, 0.6) is 5.75 Å². The fourth-order valence-corrected chi connectivity index (χ4v) is 3.09. The molecule has 0 spiro atoms. The number of carbonyl (C=O) groups excluding carboxylic acids is 1. The maximum Gasteiger partial charge on any atom is 0.270 e. The molecule has 136 valence electrons.